The van der Waals surface area contributed by atoms with Crippen LogP contribution in [0.15, 0.2) is 48.5 Å². The monoisotopic (exact) mass is 369 g/mol. The number of methoxy groups -OCH3 is 2. The number of anilines is 1. The van der Waals surface area contributed by atoms with Gasteiger partial charge in [-0.15, -0.1) is 0 Å². The summed E-state index contributed by atoms with van der Waals surface area (Å²) in [4.78, 5) is 16.5. The molecule has 6 nitrogen and oxygen atoms in total. The molecule has 2 aromatic rings. The van der Waals surface area contributed by atoms with Crippen molar-refractivity contribution in [3.8, 4) is 11.5 Å². The normalized spacial score (nSPS) is 14.0. The molecule has 1 aliphatic rings. The summed E-state index contributed by atoms with van der Waals surface area (Å²) in [6, 6.07) is 16.0. The van der Waals surface area contributed by atoms with E-state index in [-0.39, 0.29) is 6.03 Å². The predicted molar refractivity (Wildman–Crippen MR) is 107 cm³/mol. The first-order valence-electron chi connectivity index (χ1n) is 9.24. The highest BCUT2D eigenvalue weighted by atomic mass is 16.5. The Morgan fingerprint density at radius 2 is 1.67 bits per heavy atom. The third-order valence-electron chi connectivity index (χ3n) is 4.83. The molecule has 0 bridgehead atoms. The van der Waals surface area contributed by atoms with Gasteiger partial charge in [-0.25, -0.2) is 4.79 Å². The molecule has 0 aromatic heterocycles. The number of benzene rings is 2. The van der Waals surface area contributed by atoms with Crippen LogP contribution in [0.25, 0.3) is 0 Å². The molecule has 1 heterocycles. The van der Waals surface area contributed by atoms with Crippen LogP contribution in [0.3, 0.4) is 0 Å². The molecule has 1 fully saturated rings. The van der Waals surface area contributed by atoms with Gasteiger partial charge in [0.25, 0.3) is 0 Å². The first kappa shape index (κ1) is 18.9. The molecule has 0 unspecified atom stereocenters. The third kappa shape index (κ3) is 5.06. The Bertz CT molecular complexity index is 741. The topological polar surface area (TPSA) is 54.0 Å². The van der Waals surface area contributed by atoms with Gasteiger partial charge in [0.2, 0.25) is 0 Å². The van der Waals surface area contributed by atoms with E-state index in [0.717, 1.165) is 36.7 Å². The Hall–Kier alpha value is -2.89. The summed E-state index contributed by atoms with van der Waals surface area (Å²) in [6.45, 7) is 3.69. The minimum absolute atomic E-state index is 0.00815. The zero-order valence-corrected chi connectivity index (χ0v) is 16.0. The fourth-order valence-electron chi connectivity index (χ4n) is 3.19. The Morgan fingerprint density at radius 1 is 0.963 bits per heavy atom. The largest absolute Gasteiger partial charge is 0.497 e. The Morgan fingerprint density at radius 3 is 2.33 bits per heavy atom. The number of rotatable bonds is 6. The summed E-state index contributed by atoms with van der Waals surface area (Å²) in [7, 11) is 3.33. The maximum atomic E-state index is 12.4. The van der Waals surface area contributed by atoms with Crippen molar-refractivity contribution in [3.63, 3.8) is 0 Å². The van der Waals surface area contributed by atoms with Crippen LogP contribution in [-0.2, 0) is 6.42 Å². The Kier molecular flexibility index (Phi) is 6.41. The van der Waals surface area contributed by atoms with Crippen LogP contribution in [0.2, 0.25) is 0 Å². The molecule has 0 saturated carbocycles. The second-order valence-electron chi connectivity index (χ2n) is 6.51. The molecule has 0 spiro atoms. The number of amides is 2. The van der Waals surface area contributed by atoms with E-state index in [1.165, 1.54) is 5.56 Å². The summed E-state index contributed by atoms with van der Waals surface area (Å²) in [5.41, 5.74) is 2.31. The number of nitrogens with zero attached hydrogens (tertiary/aromatic N) is 2. The minimum Gasteiger partial charge on any atom is -0.497 e. The van der Waals surface area contributed by atoms with Gasteiger partial charge in [0.1, 0.15) is 11.5 Å². The summed E-state index contributed by atoms with van der Waals surface area (Å²) < 4.78 is 10.4. The van der Waals surface area contributed by atoms with Crippen LogP contribution < -0.4 is 19.7 Å². The van der Waals surface area contributed by atoms with Gasteiger partial charge in [-0.1, -0.05) is 18.2 Å². The third-order valence-corrected chi connectivity index (χ3v) is 4.83. The Labute approximate surface area is 160 Å². The molecule has 3 rings (SSSR count). The summed E-state index contributed by atoms with van der Waals surface area (Å²) in [5, 5.41) is 3.02. The van der Waals surface area contributed by atoms with Crippen LogP contribution in [0.5, 0.6) is 11.5 Å². The molecule has 2 aromatic carbocycles. The zero-order valence-electron chi connectivity index (χ0n) is 16.0. The minimum atomic E-state index is 0.00815. The smallest absolute Gasteiger partial charge is 0.317 e. The maximum Gasteiger partial charge on any atom is 0.317 e. The van der Waals surface area contributed by atoms with Crippen LogP contribution in [0.4, 0.5) is 10.5 Å². The van der Waals surface area contributed by atoms with Crippen molar-refractivity contribution in [2.45, 2.75) is 6.42 Å². The highest BCUT2D eigenvalue weighted by Gasteiger charge is 2.21. The zero-order chi connectivity index (χ0) is 19.1. The van der Waals surface area contributed by atoms with Crippen LogP contribution >= 0.6 is 0 Å². The molecule has 144 valence electrons. The number of ether oxygens (including phenoxy) is 2. The van der Waals surface area contributed by atoms with Crippen LogP contribution in [0.1, 0.15) is 5.56 Å². The summed E-state index contributed by atoms with van der Waals surface area (Å²) in [5.74, 6) is 1.70. The molecule has 1 aliphatic heterocycles. The molecule has 27 heavy (non-hydrogen) atoms. The molecule has 2 amide bonds. The molecule has 0 radical (unpaired) electrons. The number of piperazine rings is 1. The van der Waals surface area contributed by atoms with Gasteiger partial charge in [-0.2, -0.15) is 0 Å². The maximum absolute atomic E-state index is 12.4. The van der Waals surface area contributed by atoms with Crippen molar-refractivity contribution < 1.29 is 14.3 Å². The number of urea groups is 1. The van der Waals surface area contributed by atoms with E-state index in [1.54, 1.807) is 14.2 Å². The number of nitrogens with one attached hydrogen (secondary N) is 1. The second kappa shape index (κ2) is 9.16. The van der Waals surface area contributed by atoms with Gasteiger partial charge in [0, 0.05) is 44.5 Å². The fourth-order valence-corrected chi connectivity index (χ4v) is 3.19. The van der Waals surface area contributed by atoms with Gasteiger partial charge < -0.3 is 24.6 Å². The summed E-state index contributed by atoms with van der Waals surface area (Å²) in [6.07, 6.45) is 0.805. The standard InChI is InChI=1S/C21H27N3O3/c1-26-19-8-6-17(7-9-19)10-11-22-21(25)24-14-12-23(13-15-24)18-4-3-5-20(16-18)27-2/h3-9,16H,10-15H2,1-2H3,(H,22,25). The van der Waals surface area contributed by atoms with Gasteiger partial charge in [-0.05, 0) is 36.2 Å². The van der Waals surface area contributed by atoms with E-state index < -0.39 is 0 Å². The van der Waals surface area contributed by atoms with E-state index in [2.05, 4.69) is 16.3 Å². The van der Waals surface area contributed by atoms with Crippen LogP contribution in [0, 0.1) is 0 Å². The van der Waals surface area contributed by atoms with Crippen molar-refractivity contribution in [2.75, 3.05) is 51.8 Å². The molecule has 0 atom stereocenters. The number of carbonyl (C=O) groups excluding carboxylic acids is 1. The molecule has 1 saturated heterocycles. The highest BCUT2D eigenvalue weighted by molar-refractivity contribution is 5.74. The summed E-state index contributed by atoms with van der Waals surface area (Å²) >= 11 is 0. The lowest BCUT2D eigenvalue weighted by Gasteiger charge is -2.36. The lowest BCUT2D eigenvalue weighted by Crippen LogP contribution is -2.52. The molecular weight excluding hydrogens is 342 g/mol. The van der Waals surface area contributed by atoms with E-state index in [0.29, 0.717) is 19.6 Å². The van der Waals surface area contributed by atoms with Gasteiger partial charge in [0.15, 0.2) is 0 Å². The van der Waals surface area contributed by atoms with Crippen molar-refractivity contribution in [2.24, 2.45) is 0 Å². The van der Waals surface area contributed by atoms with Crippen molar-refractivity contribution >= 4 is 11.7 Å². The van der Waals surface area contributed by atoms with E-state index in [4.69, 9.17) is 9.47 Å². The number of carbonyl (C=O) groups is 1. The average Bonchev–Trinajstić information content (AvgIpc) is 2.74. The van der Waals surface area contributed by atoms with Gasteiger partial charge >= 0.3 is 6.03 Å². The predicted octanol–water partition coefficient (Wildman–Crippen LogP) is 2.78. The second-order valence-corrected chi connectivity index (χ2v) is 6.51. The van der Waals surface area contributed by atoms with E-state index in [1.807, 2.05) is 47.4 Å². The molecule has 0 aliphatic carbocycles. The van der Waals surface area contributed by atoms with Crippen LogP contribution in [-0.4, -0.2) is 57.9 Å². The first-order chi connectivity index (χ1) is 13.2. The number of hydrogen-bond donors (Lipinski definition) is 1. The molecule has 1 N–H and O–H groups in total. The SMILES string of the molecule is COc1ccc(CCNC(=O)N2CCN(c3cccc(OC)c3)CC2)cc1. The number of hydrogen-bond acceptors (Lipinski definition) is 4. The van der Waals surface area contributed by atoms with Crippen molar-refractivity contribution in [3.05, 3.63) is 54.1 Å². The highest BCUT2D eigenvalue weighted by Crippen LogP contribution is 2.22. The van der Waals surface area contributed by atoms with Crippen molar-refractivity contribution in [1.82, 2.24) is 10.2 Å². The fraction of sp³-hybridized carbons (Fsp3) is 0.381. The van der Waals surface area contributed by atoms with Crippen molar-refractivity contribution in [1.29, 1.82) is 0 Å². The molecule has 6 heteroatoms. The first-order valence-corrected chi connectivity index (χ1v) is 9.24. The van der Waals surface area contributed by atoms with E-state index >= 15 is 0 Å². The average molecular weight is 369 g/mol. The quantitative estimate of drug-likeness (QED) is 0.851. The lowest BCUT2D eigenvalue weighted by atomic mass is 10.1. The lowest BCUT2D eigenvalue weighted by molar-refractivity contribution is 0.194. The van der Waals surface area contributed by atoms with Gasteiger partial charge in [0.05, 0.1) is 14.2 Å². The van der Waals surface area contributed by atoms with E-state index in [9.17, 15) is 4.79 Å². The Balaban J connectivity index is 1.42. The van der Waals surface area contributed by atoms with Gasteiger partial charge in [-0.3, -0.25) is 0 Å². The molecular formula is C21H27N3O3.